The first-order valence-corrected chi connectivity index (χ1v) is 31.0. The smallest absolute Gasteiger partial charge is 0.0327 e. The lowest BCUT2D eigenvalue weighted by atomic mass is 9.95. The molecule has 0 aliphatic heterocycles. The molecule has 0 fully saturated rings. The molecule has 0 heteroatoms. The molecule has 0 atom stereocenters. The lowest BCUT2D eigenvalue weighted by Crippen LogP contribution is -1.96. The van der Waals surface area contributed by atoms with Gasteiger partial charge in [-0.1, -0.05) is 236 Å². The first kappa shape index (κ1) is 65.5. The van der Waals surface area contributed by atoms with Crippen molar-refractivity contribution in [2.45, 2.75) is 123 Å². The van der Waals surface area contributed by atoms with E-state index in [4.69, 9.17) is 0 Å². The Balaban J connectivity index is 0.000000171. The molecule has 0 amide bonds. The zero-order valence-electron chi connectivity index (χ0n) is 54.5. The molecule has 436 valence electrons. The maximum Gasteiger partial charge on any atom is 0.0327 e. The van der Waals surface area contributed by atoms with Crippen LogP contribution in [0.5, 0.6) is 0 Å². The summed E-state index contributed by atoms with van der Waals surface area (Å²) in [7, 11) is 0. The highest BCUT2D eigenvalue weighted by Gasteiger charge is 2.08. The van der Waals surface area contributed by atoms with Gasteiger partial charge >= 0.3 is 0 Å². The molecule has 0 bridgehead atoms. The van der Waals surface area contributed by atoms with E-state index in [1.165, 1.54) is 100 Å². The number of benzene rings is 10. The highest BCUT2D eigenvalue weighted by atomic mass is 14.1. The molecule has 0 nitrogen and oxygen atoms in total. The second-order valence-electron chi connectivity index (χ2n) is 22.7. The van der Waals surface area contributed by atoms with E-state index >= 15 is 0 Å². The number of aryl methyl sites for hydroxylation is 13. The van der Waals surface area contributed by atoms with Crippen LogP contribution in [0.25, 0.3) is 22.3 Å². The minimum absolute atomic E-state index is 1.03. The fourth-order valence-corrected chi connectivity index (χ4v) is 10.1. The van der Waals surface area contributed by atoms with Crippen molar-refractivity contribution in [3.8, 4) is 81.5 Å². The largest absolute Gasteiger partial charge is 0.101 e. The summed E-state index contributed by atoms with van der Waals surface area (Å²) in [6.07, 6.45) is 4.20. The minimum Gasteiger partial charge on any atom is -0.101 e. The van der Waals surface area contributed by atoms with Gasteiger partial charge in [0.05, 0.1) is 0 Å². The third-order valence-corrected chi connectivity index (χ3v) is 15.1. The minimum atomic E-state index is 1.03. The Labute approximate surface area is 529 Å². The van der Waals surface area contributed by atoms with Crippen LogP contribution in [-0.4, -0.2) is 0 Å². The second-order valence-corrected chi connectivity index (χ2v) is 22.7. The quantitative estimate of drug-likeness (QED) is 0.146. The van der Waals surface area contributed by atoms with Crippen molar-refractivity contribution < 1.29 is 0 Å². The van der Waals surface area contributed by atoms with Crippen molar-refractivity contribution in [3.63, 3.8) is 0 Å². The van der Waals surface area contributed by atoms with Gasteiger partial charge in [-0.05, 0) is 241 Å². The Kier molecular flexibility index (Phi) is 24.6. The summed E-state index contributed by atoms with van der Waals surface area (Å²) in [5.74, 6) is 32.5. The van der Waals surface area contributed by atoms with Gasteiger partial charge in [0.2, 0.25) is 0 Å². The Bertz CT molecular complexity index is 4310. The number of hydrogen-bond acceptors (Lipinski definition) is 0. The molecular formula is C88H84. The summed E-state index contributed by atoms with van der Waals surface area (Å²) in [5, 5.41) is 0. The summed E-state index contributed by atoms with van der Waals surface area (Å²) < 4.78 is 0. The molecule has 10 rings (SSSR count). The van der Waals surface area contributed by atoms with Crippen LogP contribution in [0.4, 0.5) is 0 Å². The molecule has 0 aliphatic rings. The van der Waals surface area contributed by atoms with Gasteiger partial charge in [-0.25, -0.2) is 0 Å². The monoisotopic (exact) mass is 1140 g/mol. The SMILES string of the molecule is CC#Cc1ccc(C#Cc2cccc(C)c2)c(C)c1.CCc1cc(C#Cc2c(CC)cc(C)cc2CC)cc(CC)c1.Cc1ccc(-c2cccc(C#Cc3ccc(C)cc3-c3ccc(C)cc3)c2)cc1.Cc1cccc(C#Cc2ccc(C)cc2C)c1. The van der Waals surface area contributed by atoms with Gasteiger partial charge < -0.3 is 0 Å². The standard InChI is InChI=1S/C29H24.C23H28.C19H16.C17H16/c1-21-7-13-25(14-8-21)28-6-4-5-24(20-28)12-18-27-17-11-23(3)19-29(27)26-15-9-22(2)10-16-26;1-6-18-14-19(7-2)16-20(15-18)10-11-23-21(8-3)12-17(5)13-22(23)9-4;1-4-6-17-9-11-19(16(3)14-17)12-10-18-8-5-7-15(2)13-18;1-13-5-4-6-16(12-13)8-10-17-9-7-14(2)11-15(17)3/h4-11,13-17,19-20H,1-3H3;12-16H,6-9H2,1-5H3;5,7-9,11,13-14H,1-3H3;4-7,9,11-12H,1-3H3. The van der Waals surface area contributed by atoms with Gasteiger partial charge in [0, 0.05) is 50.1 Å². The van der Waals surface area contributed by atoms with E-state index in [0.29, 0.717) is 0 Å². The Hall–Kier alpha value is -10.0. The van der Waals surface area contributed by atoms with Gasteiger partial charge in [0.1, 0.15) is 0 Å². The van der Waals surface area contributed by atoms with Crippen LogP contribution in [0.15, 0.2) is 206 Å². The van der Waals surface area contributed by atoms with Gasteiger partial charge in [0.15, 0.2) is 0 Å². The zero-order chi connectivity index (χ0) is 63.0. The maximum atomic E-state index is 3.48. The van der Waals surface area contributed by atoms with E-state index in [-0.39, 0.29) is 0 Å². The van der Waals surface area contributed by atoms with Gasteiger partial charge in [0.25, 0.3) is 0 Å². The summed E-state index contributed by atoms with van der Waals surface area (Å²) in [5.41, 5.74) is 31.4. The molecule has 0 aliphatic carbocycles. The molecule has 0 radical (unpaired) electrons. The van der Waals surface area contributed by atoms with Crippen LogP contribution >= 0.6 is 0 Å². The summed E-state index contributed by atoms with van der Waals surface area (Å²) in [4.78, 5) is 0. The summed E-state index contributed by atoms with van der Waals surface area (Å²) in [6, 6.07) is 72.6. The van der Waals surface area contributed by atoms with Crippen LogP contribution < -0.4 is 0 Å². The lowest BCUT2D eigenvalue weighted by molar-refractivity contribution is 1.06. The molecule has 0 saturated carbocycles. The molecule has 0 spiro atoms. The highest BCUT2D eigenvalue weighted by Crippen LogP contribution is 2.27. The fourth-order valence-electron chi connectivity index (χ4n) is 10.1. The van der Waals surface area contributed by atoms with Crippen molar-refractivity contribution in [2.75, 3.05) is 0 Å². The predicted molar refractivity (Wildman–Crippen MR) is 379 cm³/mol. The Morgan fingerprint density at radius 1 is 0.261 bits per heavy atom. The van der Waals surface area contributed by atoms with Crippen LogP contribution in [-0.2, 0) is 25.7 Å². The van der Waals surface area contributed by atoms with Crippen LogP contribution in [0.1, 0.15) is 157 Å². The Morgan fingerprint density at radius 2 is 0.693 bits per heavy atom. The molecule has 0 heterocycles. The van der Waals surface area contributed by atoms with E-state index < -0.39 is 0 Å². The maximum absolute atomic E-state index is 3.48. The topological polar surface area (TPSA) is 0 Å². The highest BCUT2D eigenvalue weighted by molar-refractivity contribution is 5.73. The molecule has 0 N–H and O–H groups in total. The first-order valence-electron chi connectivity index (χ1n) is 31.0. The molecule has 0 unspecified atom stereocenters. The van der Waals surface area contributed by atoms with E-state index in [1.54, 1.807) is 0 Å². The first-order chi connectivity index (χ1) is 42.5. The second kappa shape index (κ2) is 33.1. The van der Waals surface area contributed by atoms with Crippen molar-refractivity contribution in [2.24, 2.45) is 0 Å². The molecule has 0 aromatic heterocycles. The normalized spacial score (nSPS) is 9.89. The summed E-state index contributed by atoms with van der Waals surface area (Å²) >= 11 is 0. The van der Waals surface area contributed by atoms with Crippen LogP contribution in [0.2, 0.25) is 0 Å². The van der Waals surface area contributed by atoms with E-state index in [2.05, 4.69) is 319 Å². The van der Waals surface area contributed by atoms with Crippen LogP contribution in [0, 0.1) is 122 Å². The van der Waals surface area contributed by atoms with Crippen molar-refractivity contribution >= 4 is 0 Å². The van der Waals surface area contributed by atoms with Gasteiger partial charge in [-0.2, -0.15) is 0 Å². The predicted octanol–water partition coefficient (Wildman–Crippen LogP) is 21.1. The third kappa shape index (κ3) is 20.1. The molecule has 0 saturated heterocycles. The van der Waals surface area contributed by atoms with E-state index in [9.17, 15) is 0 Å². The molecular weight excluding hydrogens is 1060 g/mol. The lowest BCUT2D eigenvalue weighted by Gasteiger charge is -2.09. The molecule has 10 aromatic carbocycles. The average Bonchev–Trinajstić information content (AvgIpc) is 3.58. The zero-order valence-corrected chi connectivity index (χ0v) is 54.5. The molecule has 10 aromatic rings. The van der Waals surface area contributed by atoms with E-state index in [1.807, 2.05) is 43.3 Å². The molecule has 88 heavy (non-hydrogen) atoms. The van der Waals surface area contributed by atoms with Gasteiger partial charge in [-0.3, -0.25) is 0 Å². The number of rotatable bonds is 6. The van der Waals surface area contributed by atoms with Crippen LogP contribution in [0.3, 0.4) is 0 Å². The van der Waals surface area contributed by atoms with Crippen molar-refractivity contribution in [3.05, 3.63) is 329 Å². The van der Waals surface area contributed by atoms with Crippen molar-refractivity contribution in [1.29, 1.82) is 0 Å². The Morgan fingerprint density at radius 3 is 1.19 bits per heavy atom. The fraction of sp³-hybridized carbons (Fsp3) is 0.205. The van der Waals surface area contributed by atoms with E-state index in [0.717, 1.165) is 70.2 Å². The van der Waals surface area contributed by atoms with Crippen molar-refractivity contribution in [1.82, 2.24) is 0 Å². The average molecular weight is 1140 g/mol. The van der Waals surface area contributed by atoms with Gasteiger partial charge in [-0.15, -0.1) is 5.92 Å². The summed E-state index contributed by atoms with van der Waals surface area (Å²) in [6.45, 7) is 29.6. The third-order valence-electron chi connectivity index (χ3n) is 15.1. The number of hydrogen-bond donors (Lipinski definition) is 0.